The van der Waals surface area contributed by atoms with Crippen molar-refractivity contribution in [3.63, 3.8) is 0 Å². The van der Waals surface area contributed by atoms with Crippen molar-refractivity contribution < 1.29 is 9.90 Å². The minimum atomic E-state index is -0.920. The molecule has 2 nitrogen and oxygen atoms in total. The summed E-state index contributed by atoms with van der Waals surface area (Å²) in [6.07, 6.45) is 4.05. The summed E-state index contributed by atoms with van der Waals surface area (Å²) in [5.74, 6) is -0.111. The number of halogens is 5. The van der Waals surface area contributed by atoms with Gasteiger partial charge in [-0.3, -0.25) is 4.79 Å². The fourth-order valence-electron chi connectivity index (χ4n) is 2.43. The van der Waals surface area contributed by atoms with Crippen molar-refractivity contribution in [2.75, 3.05) is 5.88 Å². The van der Waals surface area contributed by atoms with Crippen LogP contribution in [0, 0.1) is 5.92 Å². The van der Waals surface area contributed by atoms with Crippen molar-refractivity contribution in [3.05, 3.63) is 34.9 Å². The highest BCUT2D eigenvalue weighted by Gasteiger charge is 2.50. The zero-order valence-electron chi connectivity index (χ0n) is 13.0. The molecule has 2 fully saturated rings. The minimum Gasteiger partial charge on any atom is -0.377 e. The second-order valence-electron chi connectivity index (χ2n) is 6.33. The van der Waals surface area contributed by atoms with E-state index in [1.807, 2.05) is 24.3 Å². The standard InChI is InChI=1S/C12H13Cl3O.C5H6Cl2O/c13-10-4-2-1-3-8(10)7-9(11(14)16)12(15)5-6-12;6-3-4(8)5(7)1-2-5/h1-4,9,11,16H,5-7H2;1-3H2. The Bertz CT molecular complexity index is 582. The van der Waals surface area contributed by atoms with Gasteiger partial charge in [0.05, 0.1) is 10.8 Å². The monoisotopic (exact) mass is 430 g/mol. The molecule has 24 heavy (non-hydrogen) atoms. The van der Waals surface area contributed by atoms with E-state index in [-0.39, 0.29) is 22.5 Å². The summed E-state index contributed by atoms with van der Waals surface area (Å²) in [4.78, 5) is 9.76. The Morgan fingerprint density at radius 2 is 1.75 bits per heavy atom. The van der Waals surface area contributed by atoms with Crippen molar-refractivity contribution in [1.29, 1.82) is 0 Å². The van der Waals surface area contributed by atoms with Gasteiger partial charge < -0.3 is 5.11 Å². The van der Waals surface area contributed by atoms with Gasteiger partial charge in [0.25, 0.3) is 0 Å². The number of aliphatic hydroxyl groups excluding tert-OH is 1. The molecule has 0 amide bonds. The average Bonchev–Trinajstić information content (AvgIpc) is 3.46. The summed E-state index contributed by atoms with van der Waals surface area (Å²) in [6, 6.07) is 7.58. The van der Waals surface area contributed by atoms with Crippen LogP contribution in [-0.4, -0.2) is 32.1 Å². The number of hydrogen-bond acceptors (Lipinski definition) is 2. The fraction of sp³-hybridized carbons (Fsp3) is 0.588. The van der Waals surface area contributed by atoms with Gasteiger partial charge in [0.15, 0.2) is 5.78 Å². The Balaban J connectivity index is 0.000000219. The lowest BCUT2D eigenvalue weighted by Crippen LogP contribution is -2.28. The Kier molecular flexibility index (Phi) is 7.15. The molecule has 2 aliphatic rings. The third-order valence-corrected chi connectivity index (χ3v) is 6.59. The van der Waals surface area contributed by atoms with Crippen LogP contribution in [-0.2, 0) is 11.2 Å². The normalized spacial score (nSPS) is 21.9. The summed E-state index contributed by atoms with van der Waals surface area (Å²) in [6.45, 7) is 0. The number of Topliss-reactive ketones (excluding diaryl/α,β-unsaturated/α-hetero) is 1. The van der Waals surface area contributed by atoms with Crippen molar-refractivity contribution in [1.82, 2.24) is 0 Å². The van der Waals surface area contributed by atoms with Crippen LogP contribution in [0.15, 0.2) is 24.3 Å². The smallest absolute Gasteiger partial charge is 0.168 e. The molecule has 0 spiro atoms. The maximum absolute atomic E-state index is 10.6. The van der Waals surface area contributed by atoms with Gasteiger partial charge in [-0.15, -0.1) is 34.8 Å². The first kappa shape index (κ1) is 20.6. The molecule has 2 atom stereocenters. The first-order chi connectivity index (χ1) is 11.2. The third-order valence-electron chi connectivity index (χ3n) is 4.43. The van der Waals surface area contributed by atoms with Crippen LogP contribution in [0.3, 0.4) is 0 Å². The van der Waals surface area contributed by atoms with Crippen LogP contribution < -0.4 is 0 Å². The van der Waals surface area contributed by atoms with Gasteiger partial charge >= 0.3 is 0 Å². The van der Waals surface area contributed by atoms with E-state index in [2.05, 4.69) is 0 Å². The fourth-order valence-corrected chi connectivity index (χ4v) is 3.81. The Morgan fingerprint density at radius 1 is 1.17 bits per heavy atom. The molecule has 134 valence electrons. The topological polar surface area (TPSA) is 37.3 Å². The number of hydrogen-bond donors (Lipinski definition) is 1. The highest BCUT2D eigenvalue weighted by molar-refractivity contribution is 6.42. The molecule has 7 heteroatoms. The second kappa shape index (κ2) is 8.33. The van der Waals surface area contributed by atoms with E-state index in [0.717, 1.165) is 31.2 Å². The Labute approximate surface area is 167 Å². The van der Waals surface area contributed by atoms with Crippen LogP contribution in [0.4, 0.5) is 0 Å². The van der Waals surface area contributed by atoms with Gasteiger partial charge in [-0.1, -0.05) is 41.4 Å². The molecule has 0 radical (unpaired) electrons. The number of aliphatic hydroxyl groups is 1. The summed E-state index contributed by atoms with van der Waals surface area (Å²) < 4.78 is 0. The quantitative estimate of drug-likeness (QED) is 0.612. The predicted molar refractivity (Wildman–Crippen MR) is 102 cm³/mol. The first-order valence-electron chi connectivity index (χ1n) is 7.74. The van der Waals surface area contributed by atoms with Crippen LogP contribution >= 0.6 is 58.0 Å². The van der Waals surface area contributed by atoms with E-state index in [4.69, 9.17) is 58.0 Å². The van der Waals surface area contributed by atoms with Gasteiger partial charge in [-0.2, -0.15) is 0 Å². The van der Waals surface area contributed by atoms with E-state index >= 15 is 0 Å². The highest BCUT2D eigenvalue weighted by Crippen LogP contribution is 2.52. The molecular formula is C17H19Cl5O2. The van der Waals surface area contributed by atoms with Gasteiger partial charge in [0, 0.05) is 10.9 Å². The Hall–Kier alpha value is 0.300. The molecule has 1 aromatic carbocycles. The highest BCUT2D eigenvalue weighted by atomic mass is 35.5. The second-order valence-corrected chi connectivity index (χ2v) is 8.93. The number of carbonyl (C=O) groups is 1. The van der Waals surface area contributed by atoms with Crippen molar-refractivity contribution >= 4 is 63.8 Å². The first-order valence-corrected chi connectivity index (χ1v) is 9.85. The number of benzene rings is 1. The average molecular weight is 433 g/mol. The van der Waals surface area contributed by atoms with E-state index < -0.39 is 10.4 Å². The SMILES string of the molecule is O=C(CCl)C1(Cl)CC1.OC(Cl)C(Cc1ccccc1Cl)C1(Cl)CC1. The number of ketones is 1. The molecular weight excluding hydrogens is 413 g/mol. The molecule has 1 N–H and O–H groups in total. The molecule has 0 aliphatic heterocycles. The maximum atomic E-state index is 10.6. The molecule has 3 rings (SSSR count). The summed E-state index contributed by atoms with van der Waals surface area (Å²) in [5, 5.41) is 10.3. The third kappa shape index (κ3) is 5.40. The molecule has 0 heterocycles. The lowest BCUT2D eigenvalue weighted by molar-refractivity contribution is -0.117. The predicted octanol–water partition coefficient (Wildman–Crippen LogP) is 5.39. The lowest BCUT2D eigenvalue weighted by atomic mass is 9.95. The number of carbonyl (C=O) groups excluding carboxylic acids is 1. The molecule has 0 saturated heterocycles. The van der Waals surface area contributed by atoms with E-state index in [1.54, 1.807) is 0 Å². The molecule has 0 bridgehead atoms. The summed E-state index contributed by atoms with van der Waals surface area (Å²) >= 11 is 29.1. The van der Waals surface area contributed by atoms with Gasteiger partial charge in [-0.05, 0) is 43.7 Å². The van der Waals surface area contributed by atoms with Gasteiger partial charge in [0.1, 0.15) is 10.4 Å². The van der Waals surface area contributed by atoms with Gasteiger partial charge in [0.2, 0.25) is 0 Å². The summed E-state index contributed by atoms with van der Waals surface area (Å²) in [5.41, 5.74) is 0.0667. The molecule has 2 saturated carbocycles. The van der Waals surface area contributed by atoms with Crippen molar-refractivity contribution in [3.8, 4) is 0 Å². The van der Waals surface area contributed by atoms with E-state index in [0.29, 0.717) is 11.4 Å². The van der Waals surface area contributed by atoms with Crippen LogP contribution in [0.1, 0.15) is 31.2 Å². The molecule has 2 unspecified atom stereocenters. The van der Waals surface area contributed by atoms with E-state index in [9.17, 15) is 9.90 Å². The number of alkyl halides is 4. The minimum absolute atomic E-state index is 0.0270. The number of rotatable bonds is 6. The molecule has 2 aliphatic carbocycles. The molecule has 1 aromatic rings. The zero-order valence-corrected chi connectivity index (χ0v) is 16.7. The Morgan fingerprint density at radius 3 is 2.12 bits per heavy atom. The van der Waals surface area contributed by atoms with Crippen LogP contribution in [0.2, 0.25) is 5.02 Å². The van der Waals surface area contributed by atoms with Gasteiger partial charge in [-0.25, -0.2) is 0 Å². The van der Waals surface area contributed by atoms with Crippen molar-refractivity contribution in [2.45, 2.75) is 47.4 Å². The largest absolute Gasteiger partial charge is 0.377 e. The maximum Gasteiger partial charge on any atom is 0.168 e. The van der Waals surface area contributed by atoms with Crippen LogP contribution in [0.5, 0.6) is 0 Å². The van der Waals surface area contributed by atoms with Crippen molar-refractivity contribution in [2.24, 2.45) is 5.92 Å². The lowest BCUT2D eigenvalue weighted by Gasteiger charge is -2.23. The van der Waals surface area contributed by atoms with E-state index in [1.165, 1.54) is 0 Å². The summed E-state index contributed by atoms with van der Waals surface area (Å²) in [7, 11) is 0. The molecule has 0 aromatic heterocycles. The zero-order chi connectivity index (χ0) is 18.0. The van der Waals surface area contributed by atoms with Crippen LogP contribution in [0.25, 0.3) is 0 Å².